The lowest BCUT2D eigenvalue weighted by molar-refractivity contribution is -0.143. The van der Waals surface area contributed by atoms with Crippen molar-refractivity contribution in [2.45, 2.75) is 19.8 Å². The summed E-state index contributed by atoms with van der Waals surface area (Å²) in [5, 5.41) is 6.72. The number of aromatic nitrogens is 3. The third-order valence-electron chi connectivity index (χ3n) is 4.92. The van der Waals surface area contributed by atoms with E-state index in [9.17, 15) is 9.59 Å². The fourth-order valence-electron chi connectivity index (χ4n) is 3.40. The Hall–Kier alpha value is -2.16. The fraction of sp³-hybridized carbons (Fsp3) is 0.750. The van der Waals surface area contributed by atoms with Gasteiger partial charge in [-0.2, -0.15) is 10.1 Å². The molecule has 3 rings (SSSR count). The monoisotopic (exact) mass is 350 g/mol. The van der Waals surface area contributed by atoms with Gasteiger partial charge in [0, 0.05) is 51.8 Å². The smallest absolute Gasteiger partial charge is 0.248 e. The largest absolute Gasteiger partial charge is 0.372 e. The summed E-state index contributed by atoms with van der Waals surface area (Å²) in [4.78, 5) is 34.7. The van der Waals surface area contributed by atoms with E-state index < -0.39 is 0 Å². The number of anilines is 1. The number of rotatable bonds is 5. The van der Waals surface area contributed by atoms with Crippen molar-refractivity contribution in [3.8, 4) is 0 Å². The molecule has 2 aliphatic rings. The van der Waals surface area contributed by atoms with Crippen molar-refractivity contribution in [2.75, 3.05) is 57.4 Å². The van der Waals surface area contributed by atoms with E-state index >= 15 is 0 Å². The van der Waals surface area contributed by atoms with Gasteiger partial charge in [-0.1, -0.05) is 0 Å². The van der Waals surface area contributed by atoms with Crippen molar-refractivity contribution in [3.05, 3.63) is 6.33 Å². The number of amides is 2. The minimum absolute atomic E-state index is 0.0213. The fourth-order valence-corrected chi connectivity index (χ4v) is 3.40. The molecule has 0 bridgehead atoms. The SMILES string of the molecule is CCOCC(=O)N1CCC(C(=O)N2CCN(c3ncn[nH]3)CC2)CC1. The van der Waals surface area contributed by atoms with Gasteiger partial charge in [0.05, 0.1) is 0 Å². The number of hydrogen-bond donors (Lipinski definition) is 1. The number of H-pyrrole nitrogens is 1. The zero-order valence-corrected chi connectivity index (χ0v) is 14.7. The van der Waals surface area contributed by atoms with Crippen LogP contribution in [0.15, 0.2) is 6.33 Å². The van der Waals surface area contributed by atoms with Gasteiger partial charge in [-0.05, 0) is 19.8 Å². The quantitative estimate of drug-likeness (QED) is 0.785. The molecule has 138 valence electrons. The van der Waals surface area contributed by atoms with E-state index in [1.54, 1.807) is 4.90 Å². The van der Waals surface area contributed by atoms with E-state index in [4.69, 9.17) is 4.74 Å². The first-order valence-electron chi connectivity index (χ1n) is 8.93. The van der Waals surface area contributed by atoms with E-state index in [2.05, 4.69) is 20.1 Å². The minimum Gasteiger partial charge on any atom is -0.372 e. The maximum Gasteiger partial charge on any atom is 0.248 e. The van der Waals surface area contributed by atoms with Gasteiger partial charge in [-0.3, -0.25) is 9.59 Å². The van der Waals surface area contributed by atoms with E-state index in [0.717, 1.165) is 31.9 Å². The maximum absolute atomic E-state index is 12.7. The second kappa shape index (κ2) is 8.28. The highest BCUT2D eigenvalue weighted by Crippen LogP contribution is 2.21. The summed E-state index contributed by atoms with van der Waals surface area (Å²) in [7, 11) is 0. The standard InChI is InChI=1S/C16H26N6O3/c1-2-25-11-14(23)20-5-3-13(4-6-20)15(24)21-7-9-22(10-8-21)16-17-12-18-19-16/h12-13H,2-11H2,1H3,(H,17,18,19). The summed E-state index contributed by atoms with van der Waals surface area (Å²) in [5.41, 5.74) is 0. The van der Waals surface area contributed by atoms with E-state index in [-0.39, 0.29) is 24.3 Å². The van der Waals surface area contributed by atoms with Gasteiger partial charge >= 0.3 is 0 Å². The van der Waals surface area contributed by atoms with Crippen LogP contribution >= 0.6 is 0 Å². The van der Waals surface area contributed by atoms with Crippen LogP contribution < -0.4 is 4.90 Å². The lowest BCUT2D eigenvalue weighted by atomic mass is 9.95. The predicted octanol–water partition coefficient (Wildman–Crippen LogP) is -0.272. The first-order valence-corrected chi connectivity index (χ1v) is 8.93. The van der Waals surface area contributed by atoms with Crippen LogP contribution in [-0.4, -0.2) is 89.3 Å². The highest BCUT2D eigenvalue weighted by Gasteiger charge is 2.31. The summed E-state index contributed by atoms with van der Waals surface area (Å²) in [6, 6.07) is 0. The highest BCUT2D eigenvalue weighted by molar-refractivity contribution is 5.80. The Morgan fingerprint density at radius 1 is 1.16 bits per heavy atom. The molecule has 0 unspecified atom stereocenters. The van der Waals surface area contributed by atoms with Crippen LogP contribution in [0.25, 0.3) is 0 Å². The van der Waals surface area contributed by atoms with Crippen LogP contribution in [0.4, 0.5) is 5.95 Å². The van der Waals surface area contributed by atoms with Crippen molar-refractivity contribution < 1.29 is 14.3 Å². The molecule has 1 N–H and O–H groups in total. The molecule has 0 spiro atoms. The Morgan fingerprint density at radius 3 is 2.48 bits per heavy atom. The molecule has 0 aromatic carbocycles. The Kier molecular flexibility index (Phi) is 5.85. The minimum atomic E-state index is 0.0213. The van der Waals surface area contributed by atoms with Gasteiger partial charge in [0.2, 0.25) is 17.8 Å². The Morgan fingerprint density at radius 2 is 1.88 bits per heavy atom. The van der Waals surface area contributed by atoms with Crippen molar-refractivity contribution in [1.82, 2.24) is 25.0 Å². The van der Waals surface area contributed by atoms with E-state index in [0.29, 0.717) is 32.8 Å². The van der Waals surface area contributed by atoms with Gasteiger partial charge in [0.1, 0.15) is 12.9 Å². The maximum atomic E-state index is 12.7. The molecule has 9 nitrogen and oxygen atoms in total. The zero-order chi connectivity index (χ0) is 17.6. The molecular formula is C16H26N6O3. The number of carbonyl (C=O) groups is 2. The molecule has 1 aromatic heterocycles. The van der Waals surface area contributed by atoms with Gasteiger partial charge in [-0.15, -0.1) is 0 Å². The topological polar surface area (TPSA) is 94.7 Å². The number of carbonyl (C=O) groups excluding carboxylic acids is 2. The van der Waals surface area contributed by atoms with E-state index in [1.807, 2.05) is 11.8 Å². The number of hydrogen-bond acceptors (Lipinski definition) is 6. The van der Waals surface area contributed by atoms with Crippen LogP contribution in [0.5, 0.6) is 0 Å². The molecule has 3 heterocycles. The van der Waals surface area contributed by atoms with Crippen LogP contribution in [-0.2, 0) is 14.3 Å². The third-order valence-corrected chi connectivity index (χ3v) is 4.92. The van der Waals surface area contributed by atoms with Crippen LogP contribution in [0.2, 0.25) is 0 Å². The first kappa shape index (κ1) is 17.7. The summed E-state index contributed by atoms with van der Waals surface area (Å²) in [6.07, 6.45) is 2.96. The van der Waals surface area contributed by atoms with Crippen molar-refractivity contribution in [2.24, 2.45) is 5.92 Å². The molecule has 1 aromatic rings. The van der Waals surface area contributed by atoms with Crippen LogP contribution in [0, 0.1) is 5.92 Å². The molecule has 25 heavy (non-hydrogen) atoms. The summed E-state index contributed by atoms with van der Waals surface area (Å²) >= 11 is 0. The van der Waals surface area contributed by atoms with Gasteiger partial charge in [-0.25, -0.2) is 5.10 Å². The predicted molar refractivity (Wildman–Crippen MR) is 91.0 cm³/mol. The molecule has 0 radical (unpaired) electrons. The number of likely N-dealkylation sites (tertiary alicyclic amines) is 1. The molecule has 2 fully saturated rings. The second-order valence-electron chi connectivity index (χ2n) is 6.41. The Bertz CT molecular complexity index is 562. The van der Waals surface area contributed by atoms with Gasteiger partial charge in [0.15, 0.2) is 0 Å². The van der Waals surface area contributed by atoms with Gasteiger partial charge < -0.3 is 19.4 Å². The van der Waals surface area contributed by atoms with Crippen molar-refractivity contribution in [3.63, 3.8) is 0 Å². The number of aromatic amines is 1. The number of ether oxygens (including phenoxy) is 1. The molecule has 0 saturated carbocycles. The molecule has 2 saturated heterocycles. The summed E-state index contributed by atoms with van der Waals surface area (Å²) in [6.45, 7) is 6.74. The van der Waals surface area contributed by atoms with Crippen molar-refractivity contribution >= 4 is 17.8 Å². The molecule has 2 aliphatic heterocycles. The molecule has 2 amide bonds. The Labute approximate surface area is 147 Å². The van der Waals surface area contributed by atoms with Crippen LogP contribution in [0.1, 0.15) is 19.8 Å². The average molecular weight is 350 g/mol. The molecule has 9 heteroatoms. The number of piperidine rings is 1. The molecule has 0 atom stereocenters. The molecule has 0 aliphatic carbocycles. The second-order valence-corrected chi connectivity index (χ2v) is 6.41. The van der Waals surface area contributed by atoms with Crippen molar-refractivity contribution in [1.29, 1.82) is 0 Å². The number of nitrogens with zero attached hydrogens (tertiary/aromatic N) is 5. The normalized spacial score (nSPS) is 19.3. The molecular weight excluding hydrogens is 324 g/mol. The summed E-state index contributed by atoms with van der Waals surface area (Å²) < 4.78 is 5.18. The number of nitrogens with one attached hydrogen (secondary N) is 1. The lowest BCUT2D eigenvalue weighted by Gasteiger charge is -2.38. The lowest BCUT2D eigenvalue weighted by Crippen LogP contribution is -2.52. The highest BCUT2D eigenvalue weighted by atomic mass is 16.5. The first-order chi connectivity index (χ1) is 12.2. The summed E-state index contributed by atoms with van der Waals surface area (Å²) in [5.74, 6) is 1.02. The number of piperazine rings is 1. The van der Waals surface area contributed by atoms with Gasteiger partial charge in [0.25, 0.3) is 0 Å². The average Bonchev–Trinajstić information content (AvgIpc) is 3.20. The third kappa shape index (κ3) is 4.28. The zero-order valence-electron chi connectivity index (χ0n) is 14.7. The van der Waals surface area contributed by atoms with E-state index in [1.165, 1.54) is 6.33 Å². The van der Waals surface area contributed by atoms with Crippen LogP contribution in [0.3, 0.4) is 0 Å². The Balaban J connectivity index is 1.43.